The Morgan fingerprint density at radius 3 is 3.24 bits per heavy atom. The van der Waals surface area contributed by atoms with E-state index in [0.29, 0.717) is 18.9 Å². The first-order chi connectivity index (χ1) is 10.3. The molecule has 1 aliphatic carbocycles. The quantitative estimate of drug-likeness (QED) is 0.771. The van der Waals surface area contributed by atoms with E-state index in [1.165, 1.54) is 16.9 Å². The van der Waals surface area contributed by atoms with Crippen molar-refractivity contribution in [1.82, 2.24) is 19.6 Å². The van der Waals surface area contributed by atoms with Gasteiger partial charge in [-0.25, -0.2) is 9.97 Å². The number of thiophene rings is 1. The first-order valence-electron chi connectivity index (χ1n) is 7.34. The molecule has 3 aromatic heterocycles. The van der Waals surface area contributed by atoms with Gasteiger partial charge in [-0.3, -0.25) is 0 Å². The first-order valence-corrected chi connectivity index (χ1v) is 8.15. The first kappa shape index (κ1) is 13.0. The summed E-state index contributed by atoms with van der Waals surface area (Å²) in [5.74, 6) is 0.655. The van der Waals surface area contributed by atoms with Gasteiger partial charge in [0.25, 0.3) is 0 Å². The number of aryl methyl sites for hydroxylation is 2. The van der Waals surface area contributed by atoms with Gasteiger partial charge < -0.3 is 10.4 Å². The van der Waals surface area contributed by atoms with E-state index in [0.717, 1.165) is 28.7 Å². The molecule has 21 heavy (non-hydrogen) atoms. The number of hydrogen-bond donors (Lipinski definition) is 2. The van der Waals surface area contributed by atoms with Crippen molar-refractivity contribution in [1.29, 1.82) is 0 Å². The fraction of sp³-hybridized carbons (Fsp3) is 0.500. The van der Waals surface area contributed by atoms with Crippen LogP contribution in [-0.4, -0.2) is 37.3 Å². The summed E-state index contributed by atoms with van der Waals surface area (Å²) >= 11 is 1.76. The SMILES string of the molecule is CC[C@@H](O)CNc1nc2sc3c(c2c2ncnn12)CCC3. The fourth-order valence-corrected chi connectivity index (χ4v) is 4.13. The summed E-state index contributed by atoms with van der Waals surface area (Å²) < 4.78 is 1.75. The smallest absolute Gasteiger partial charge is 0.227 e. The van der Waals surface area contributed by atoms with Crippen LogP contribution in [0, 0.1) is 0 Å². The van der Waals surface area contributed by atoms with Crippen molar-refractivity contribution in [3.8, 4) is 0 Å². The maximum absolute atomic E-state index is 9.72. The molecule has 2 N–H and O–H groups in total. The number of aliphatic hydroxyl groups is 1. The zero-order valence-electron chi connectivity index (χ0n) is 11.8. The van der Waals surface area contributed by atoms with E-state index in [4.69, 9.17) is 4.98 Å². The van der Waals surface area contributed by atoms with E-state index < -0.39 is 0 Å². The van der Waals surface area contributed by atoms with E-state index in [1.54, 1.807) is 22.2 Å². The van der Waals surface area contributed by atoms with E-state index >= 15 is 0 Å². The molecule has 1 atom stereocenters. The molecule has 7 heteroatoms. The largest absolute Gasteiger partial charge is 0.391 e. The van der Waals surface area contributed by atoms with Crippen molar-refractivity contribution in [2.45, 2.75) is 38.7 Å². The van der Waals surface area contributed by atoms with E-state index in [2.05, 4.69) is 15.4 Å². The molecule has 4 rings (SSSR count). The molecule has 0 unspecified atom stereocenters. The third kappa shape index (κ3) is 1.99. The molecular weight excluding hydrogens is 286 g/mol. The van der Waals surface area contributed by atoms with Gasteiger partial charge in [0.1, 0.15) is 11.2 Å². The molecule has 0 fully saturated rings. The highest BCUT2D eigenvalue weighted by atomic mass is 32.1. The number of anilines is 1. The van der Waals surface area contributed by atoms with Crippen molar-refractivity contribution in [3.05, 3.63) is 16.8 Å². The highest BCUT2D eigenvalue weighted by Crippen LogP contribution is 2.38. The van der Waals surface area contributed by atoms with Crippen LogP contribution >= 0.6 is 11.3 Å². The average molecular weight is 303 g/mol. The molecule has 0 bridgehead atoms. The lowest BCUT2D eigenvalue weighted by Gasteiger charge is -2.11. The number of fused-ring (bicyclic) bond motifs is 5. The van der Waals surface area contributed by atoms with Crippen LogP contribution in [0.25, 0.3) is 15.9 Å². The minimum absolute atomic E-state index is 0.380. The van der Waals surface area contributed by atoms with Crippen LogP contribution in [0.4, 0.5) is 5.95 Å². The Kier molecular flexibility index (Phi) is 3.04. The summed E-state index contributed by atoms with van der Waals surface area (Å²) in [5.41, 5.74) is 2.27. The second-order valence-corrected chi connectivity index (χ2v) is 6.49. The fourth-order valence-electron chi connectivity index (χ4n) is 2.88. The lowest BCUT2D eigenvalue weighted by Crippen LogP contribution is -2.20. The minimum Gasteiger partial charge on any atom is -0.391 e. The van der Waals surface area contributed by atoms with Crippen LogP contribution in [0.1, 0.15) is 30.2 Å². The summed E-state index contributed by atoms with van der Waals surface area (Å²) in [5, 5.41) is 18.3. The molecule has 0 saturated carbocycles. The standard InChI is InChI=1S/C14H17N5OS/c1-2-8(20)6-15-14-18-13-11(12-16-7-17-19(12)14)9-4-3-5-10(9)21-13/h7-8,20H,2-6H2,1H3,(H,15,18)/t8-/m1/s1. The molecule has 0 radical (unpaired) electrons. The van der Waals surface area contributed by atoms with E-state index in [-0.39, 0.29) is 6.10 Å². The third-order valence-corrected chi connectivity index (χ3v) is 5.23. The molecule has 0 saturated heterocycles. The van der Waals surface area contributed by atoms with Crippen LogP contribution in [-0.2, 0) is 12.8 Å². The van der Waals surface area contributed by atoms with Gasteiger partial charge in [0.2, 0.25) is 5.95 Å². The Morgan fingerprint density at radius 2 is 2.38 bits per heavy atom. The van der Waals surface area contributed by atoms with E-state index in [1.807, 2.05) is 6.92 Å². The van der Waals surface area contributed by atoms with Crippen LogP contribution < -0.4 is 5.32 Å². The summed E-state index contributed by atoms with van der Waals surface area (Å²) in [6, 6.07) is 0. The highest BCUT2D eigenvalue weighted by Gasteiger charge is 2.22. The monoisotopic (exact) mass is 303 g/mol. The summed E-state index contributed by atoms with van der Waals surface area (Å²) in [6.07, 6.45) is 5.38. The number of nitrogens with one attached hydrogen (secondary N) is 1. The zero-order valence-corrected chi connectivity index (χ0v) is 12.7. The normalized spacial score (nSPS) is 15.7. The van der Waals surface area contributed by atoms with E-state index in [9.17, 15) is 5.11 Å². The molecular formula is C14H17N5OS. The number of aromatic nitrogens is 4. The molecule has 0 aliphatic heterocycles. The van der Waals surface area contributed by atoms with Crippen molar-refractivity contribution in [2.24, 2.45) is 0 Å². The third-order valence-electron chi connectivity index (χ3n) is 4.05. The number of aliphatic hydroxyl groups excluding tert-OH is 1. The van der Waals surface area contributed by atoms with Crippen LogP contribution in [0.5, 0.6) is 0 Å². The number of hydrogen-bond acceptors (Lipinski definition) is 6. The van der Waals surface area contributed by atoms with Crippen molar-refractivity contribution in [2.75, 3.05) is 11.9 Å². The Balaban J connectivity index is 1.85. The predicted molar refractivity (Wildman–Crippen MR) is 83.0 cm³/mol. The molecule has 3 heterocycles. The zero-order chi connectivity index (χ0) is 14.4. The Hall–Kier alpha value is -1.73. The molecule has 110 valence electrons. The predicted octanol–water partition coefficient (Wildman–Crippen LogP) is 2.01. The van der Waals surface area contributed by atoms with Gasteiger partial charge in [0.15, 0.2) is 5.65 Å². The van der Waals surface area contributed by atoms with Gasteiger partial charge in [-0.15, -0.1) is 11.3 Å². The van der Waals surface area contributed by atoms with Crippen LogP contribution in [0.3, 0.4) is 0 Å². The Labute approximate surface area is 125 Å². The van der Waals surface area contributed by atoms with Crippen molar-refractivity contribution >= 4 is 33.1 Å². The van der Waals surface area contributed by atoms with Crippen LogP contribution in [0.15, 0.2) is 6.33 Å². The van der Waals surface area contributed by atoms with Crippen molar-refractivity contribution < 1.29 is 5.11 Å². The second kappa shape index (κ2) is 4.92. The Morgan fingerprint density at radius 1 is 1.48 bits per heavy atom. The summed E-state index contributed by atoms with van der Waals surface area (Å²) in [6.45, 7) is 2.42. The molecule has 1 aliphatic rings. The average Bonchev–Trinajstić information content (AvgIpc) is 3.17. The van der Waals surface area contributed by atoms with Gasteiger partial charge in [-0.2, -0.15) is 9.61 Å². The highest BCUT2D eigenvalue weighted by molar-refractivity contribution is 7.19. The number of nitrogens with zero attached hydrogens (tertiary/aromatic N) is 4. The lowest BCUT2D eigenvalue weighted by molar-refractivity contribution is 0.183. The van der Waals surface area contributed by atoms with Crippen molar-refractivity contribution in [3.63, 3.8) is 0 Å². The lowest BCUT2D eigenvalue weighted by atomic mass is 10.2. The molecule has 0 amide bonds. The maximum Gasteiger partial charge on any atom is 0.227 e. The summed E-state index contributed by atoms with van der Waals surface area (Å²) in [4.78, 5) is 11.6. The second-order valence-electron chi connectivity index (χ2n) is 5.41. The van der Waals surface area contributed by atoms with Crippen LogP contribution in [0.2, 0.25) is 0 Å². The molecule has 0 aromatic carbocycles. The molecule has 3 aromatic rings. The maximum atomic E-state index is 9.72. The van der Waals surface area contributed by atoms with Gasteiger partial charge in [0, 0.05) is 11.4 Å². The van der Waals surface area contributed by atoms with Gasteiger partial charge in [0.05, 0.1) is 11.5 Å². The number of rotatable bonds is 4. The van der Waals surface area contributed by atoms with Gasteiger partial charge in [-0.05, 0) is 31.2 Å². The molecule has 0 spiro atoms. The topological polar surface area (TPSA) is 75.3 Å². The Bertz CT molecular complexity index is 809. The molecule has 6 nitrogen and oxygen atoms in total. The minimum atomic E-state index is -0.380. The van der Waals surface area contributed by atoms with Gasteiger partial charge in [-0.1, -0.05) is 6.92 Å². The summed E-state index contributed by atoms with van der Waals surface area (Å²) in [7, 11) is 0. The van der Waals surface area contributed by atoms with Gasteiger partial charge >= 0.3 is 0 Å².